The Morgan fingerprint density at radius 2 is 0.457 bits per heavy atom. The van der Waals surface area contributed by atoms with Crippen molar-refractivity contribution in [3.8, 4) is 23.0 Å². The molecule has 4 atom stereocenters. The Morgan fingerprint density at radius 3 is 0.717 bits per heavy atom. The van der Waals surface area contributed by atoms with Crippen molar-refractivity contribution in [2.75, 3.05) is 0 Å². The second-order valence-electron chi connectivity index (χ2n) is 27.8. The summed E-state index contributed by atoms with van der Waals surface area (Å²) < 4.78 is 0. The van der Waals surface area contributed by atoms with Gasteiger partial charge >= 0.3 is 0 Å². The van der Waals surface area contributed by atoms with Crippen LogP contribution in [0.5, 0.6) is 23.0 Å². The molecule has 4 fully saturated rings. The lowest BCUT2D eigenvalue weighted by Gasteiger charge is -2.30. The largest absolute Gasteiger partial charge is 0.508 e. The van der Waals surface area contributed by atoms with Crippen LogP contribution in [0.2, 0.25) is 0 Å². The molecule has 0 heterocycles. The molecule has 4 N–H and O–H groups in total. The molecular weight excluding hydrogens is 1140 g/mol. The summed E-state index contributed by atoms with van der Waals surface area (Å²) in [5.74, 6) is -3.03. The van der Waals surface area contributed by atoms with Crippen LogP contribution in [0.4, 0.5) is 22.7 Å². The van der Waals surface area contributed by atoms with Gasteiger partial charge in [-0.1, -0.05) is 225 Å². The van der Waals surface area contributed by atoms with Crippen molar-refractivity contribution in [3.63, 3.8) is 0 Å². The average Bonchev–Trinajstić information content (AvgIpc) is 0.748. The third-order valence-electron chi connectivity index (χ3n) is 21.8. The van der Waals surface area contributed by atoms with E-state index in [0.29, 0.717) is 79.3 Å². The van der Waals surface area contributed by atoms with E-state index in [1.54, 1.807) is 24.3 Å². The molecule has 12 heteroatoms. The van der Waals surface area contributed by atoms with Gasteiger partial charge in [0.25, 0.3) is 0 Å². The predicted molar refractivity (Wildman–Crippen MR) is 365 cm³/mol. The summed E-state index contributed by atoms with van der Waals surface area (Å²) in [7, 11) is 0. The summed E-state index contributed by atoms with van der Waals surface area (Å²) in [5.41, 5.74) is 9.14. The standard InChI is InChI=1S/C80H84N4O8/c85-73-46-71(83-91)63-42-65(73)79(59-33-25-55(26-34-59)39-51-17-9-3-10-18-51)64-43-66(74(86)47-72(64)84-92)80(60-35-27-56(28-36-60)40-52-19-11-4-12-20-52)68-44-67(75(87)48-76(68)88)78(58-31-23-54(24-32-58)38-50-15-7-2-8-16-50)62-41-61(69(81-89)45-70(62)82-90)77(63)57-29-21-53(22-30-57)37-49-13-5-1-6-14-49/h21-36,41-52,77-80,85-88H,1-20,37-40H2. The number of phenols is 4. The second-order valence-corrected chi connectivity index (χ2v) is 27.8. The normalized spacial score (nSPS) is 20.1. The molecule has 92 heavy (non-hydrogen) atoms. The van der Waals surface area contributed by atoms with E-state index in [1.165, 1.54) is 101 Å². The van der Waals surface area contributed by atoms with Crippen molar-refractivity contribution in [1.82, 2.24) is 0 Å². The molecular formula is C80H84N4O8. The van der Waals surface area contributed by atoms with Crippen molar-refractivity contribution < 1.29 is 20.4 Å². The van der Waals surface area contributed by atoms with Crippen molar-refractivity contribution in [2.45, 2.75) is 178 Å². The minimum Gasteiger partial charge on any atom is -0.508 e. The first-order chi connectivity index (χ1) is 45.0. The molecule has 5 aliphatic carbocycles. The molecule has 13 rings (SSSR count). The molecule has 0 saturated heterocycles. The Bertz CT molecular complexity index is 3890. The lowest BCUT2D eigenvalue weighted by molar-refractivity contribution is 0.356. The highest BCUT2D eigenvalue weighted by Crippen LogP contribution is 2.55. The molecule has 8 aromatic carbocycles. The average molecular weight is 1230 g/mol. The highest BCUT2D eigenvalue weighted by molar-refractivity contribution is 5.73. The first-order valence-corrected chi connectivity index (χ1v) is 34.2. The van der Waals surface area contributed by atoms with Crippen LogP contribution in [0.25, 0.3) is 0 Å². The number of aromatic hydroxyl groups is 4. The Kier molecular flexibility index (Phi) is 19.0. The van der Waals surface area contributed by atoms with E-state index in [-0.39, 0.29) is 56.9 Å². The minimum absolute atomic E-state index is 0.106. The summed E-state index contributed by atoms with van der Waals surface area (Å²) in [6.45, 7) is 0. The van der Waals surface area contributed by atoms with Gasteiger partial charge in [-0.2, -0.15) is 0 Å². The van der Waals surface area contributed by atoms with Gasteiger partial charge in [-0.25, -0.2) is 0 Å². The molecule has 4 unspecified atom stereocenters. The molecule has 0 aromatic heterocycles. The van der Waals surface area contributed by atoms with Gasteiger partial charge in [0, 0.05) is 64.1 Å². The van der Waals surface area contributed by atoms with Gasteiger partial charge in [0.1, 0.15) is 45.7 Å². The van der Waals surface area contributed by atoms with E-state index < -0.39 is 23.7 Å². The van der Waals surface area contributed by atoms with Crippen LogP contribution in [-0.4, -0.2) is 20.4 Å². The molecule has 5 aliphatic rings. The fourth-order valence-corrected chi connectivity index (χ4v) is 17.0. The number of hydrogen-bond acceptors (Lipinski definition) is 12. The maximum absolute atomic E-state index is 13.8. The van der Waals surface area contributed by atoms with Gasteiger partial charge in [0.15, 0.2) is 0 Å². The van der Waals surface area contributed by atoms with Gasteiger partial charge < -0.3 is 20.4 Å². The number of fused-ring (bicyclic) bond motifs is 8. The molecule has 472 valence electrons. The monoisotopic (exact) mass is 1230 g/mol. The van der Waals surface area contributed by atoms with Gasteiger partial charge in [-0.15, -0.1) is 19.6 Å². The SMILES string of the molecule is O=Nc1cc(O)c2cc1C(c1ccc(CC3CCCCC3)cc1)c1cc(c(N=O)cc1O)C(c1ccc(CC3CCCCC3)cc1)c1cc(c(N=O)cc1N=O)C(c1ccc(CC3CCCCC3)cc1)c1cc(c(O)cc1O)C2c1ccc(CC2CCCCC2)cc1. The zero-order chi connectivity index (χ0) is 63.2. The maximum atomic E-state index is 13.8. The summed E-state index contributed by atoms with van der Waals surface area (Å²) in [5, 5.41) is 65.3. The van der Waals surface area contributed by atoms with Crippen molar-refractivity contribution in [3.05, 3.63) is 254 Å². The summed E-state index contributed by atoms with van der Waals surface area (Å²) in [6.07, 6.45) is 27.3. The topological polar surface area (TPSA) is 199 Å². The Balaban J connectivity index is 1.09. The first-order valence-electron chi connectivity index (χ1n) is 34.2. The zero-order valence-electron chi connectivity index (χ0n) is 52.7. The minimum atomic E-state index is -1.03. The van der Waals surface area contributed by atoms with E-state index >= 15 is 0 Å². The summed E-state index contributed by atoms with van der Waals surface area (Å²) >= 11 is 0. The van der Waals surface area contributed by atoms with Crippen LogP contribution >= 0.6 is 0 Å². The fourth-order valence-electron chi connectivity index (χ4n) is 17.0. The number of nitrogens with zero attached hydrogens (tertiary/aromatic N) is 4. The van der Waals surface area contributed by atoms with E-state index in [2.05, 4.69) is 69.2 Å². The second kappa shape index (κ2) is 28.1. The Morgan fingerprint density at radius 1 is 0.250 bits per heavy atom. The van der Waals surface area contributed by atoms with Crippen LogP contribution in [0.3, 0.4) is 0 Å². The van der Waals surface area contributed by atoms with Crippen molar-refractivity contribution >= 4 is 22.7 Å². The molecule has 8 bridgehead atoms. The highest BCUT2D eigenvalue weighted by atomic mass is 16.3. The van der Waals surface area contributed by atoms with Crippen molar-refractivity contribution in [1.29, 1.82) is 0 Å². The first kappa shape index (κ1) is 62.2. The number of phenolic OH excluding ortho intramolecular Hbond substituents is 4. The Labute approximate surface area is 539 Å². The van der Waals surface area contributed by atoms with Crippen molar-refractivity contribution in [2.24, 2.45) is 44.4 Å². The van der Waals surface area contributed by atoms with Gasteiger partial charge in [-0.3, -0.25) is 0 Å². The molecule has 4 saturated carbocycles. The van der Waals surface area contributed by atoms with Crippen LogP contribution in [-0.2, 0) is 25.7 Å². The Hall–Kier alpha value is -8.64. The maximum Gasteiger partial charge on any atom is 0.123 e. The lowest BCUT2D eigenvalue weighted by Crippen LogP contribution is -2.13. The summed E-state index contributed by atoms with van der Waals surface area (Å²) in [6, 6.07) is 45.1. The van der Waals surface area contributed by atoms with E-state index in [4.69, 9.17) is 0 Å². The third kappa shape index (κ3) is 13.2. The number of benzene rings is 8. The molecule has 12 nitrogen and oxygen atoms in total. The van der Waals surface area contributed by atoms with Crippen LogP contribution < -0.4 is 0 Å². The lowest BCUT2D eigenvalue weighted by atomic mass is 9.74. The third-order valence-corrected chi connectivity index (χ3v) is 21.8. The number of nitroso groups, excluding NO2 is 4. The zero-order valence-corrected chi connectivity index (χ0v) is 52.7. The molecule has 0 amide bonds. The fraction of sp³-hybridized carbons (Fsp3) is 0.400. The summed E-state index contributed by atoms with van der Waals surface area (Å²) in [4.78, 5) is 54.9. The van der Waals surface area contributed by atoms with Crippen LogP contribution in [0, 0.1) is 43.3 Å². The van der Waals surface area contributed by atoms with Gasteiger partial charge in [0.05, 0.1) is 0 Å². The van der Waals surface area contributed by atoms with E-state index in [1.807, 2.05) is 48.5 Å². The number of hydrogen-bond donors (Lipinski definition) is 4. The van der Waals surface area contributed by atoms with E-state index in [9.17, 15) is 40.1 Å². The van der Waals surface area contributed by atoms with Crippen LogP contribution in [0.1, 0.15) is 241 Å². The molecule has 0 spiro atoms. The smallest absolute Gasteiger partial charge is 0.123 e. The molecule has 0 radical (unpaired) electrons. The molecule has 0 aliphatic heterocycles. The highest BCUT2D eigenvalue weighted by Gasteiger charge is 2.37. The predicted octanol–water partition coefficient (Wildman–Crippen LogP) is 21.6. The van der Waals surface area contributed by atoms with Crippen LogP contribution in [0.15, 0.2) is 166 Å². The van der Waals surface area contributed by atoms with E-state index in [0.717, 1.165) is 99.3 Å². The number of rotatable bonds is 16. The van der Waals surface area contributed by atoms with Gasteiger partial charge in [0.2, 0.25) is 0 Å². The van der Waals surface area contributed by atoms with Gasteiger partial charge in [-0.05, 0) is 167 Å². The molecule has 8 aromatic rings. The quantitative estimate of drug-likeness (QED) is 0.0685.